The van der Waals surface area contributed by atoms with Crippen LogP contribution >= 0.6 is 0 Å². The minimum absolute atomic E-state index is 0.174. The highest BCUT2D eigenvalue weighted by Gasteiger charge is 2.50. The maximum atomic E-state index is 13.3. The van der Waals surface area contributed by atoms with Gasteiger partial charge in [-0.3, -0.25) is 24.0 Å². The Balaban J connectivity index is 1.73. The second-order valence-corrected chi connectivity index (χ2v) is 9.75. The average molecular weight is 530 g/mol. The first-order chi connectivity index (χ1) is 18.5. The molecule has 4 atom stereocenters. The van der Waals surface area contributed by atoms with Gasteiger partial charge in [0.15, 0.2) is 5.78 Å². The highest BCUT2D eigenvalue weighted by Crippen LogP contribution is 2.27. The summed E-state index contributed by atoms with van der Waals surface area (Å²) >= 11 is 0. The predicted molar refractivity (Wildman–Crippen MR) is 143 cm³/mol. The summed E-state index contributed by atoms with van der Waals surface area (Å²) in [4.78, 5) is 63.7. The molecule has 1 saturated heterocycles. The van der Waals surface area contributed by atoms with Crippen LogP contribution in [-0.2, 0) is 24.0 Å². The number of carbonyl (C=O) groups is 5. The molecule has 1 heterocycles. The number of hydrazine groups is 1. The molecule has 0 aromatic heterocycles. The van der Waals surface area contributed by atoms with E-state index in [4.69, 9.17) is 11.1 Å². The Morgan fingerprint density at radius 3 is 2.21 bits per heavy atom. The van der Waals surface area contributed by atoms with Crippen molar-refractivity contribution in [3.8, 4) is 6.07 Å². The number of nitrogens with one attached hydrogen (secondary N) is 2. The molecule has 0 saturated carbocycles. The topological polar surface area (TPSA) is 162 Å². The van der Waals surface area contributed by atoms with Gasteiger partial charge >= 0.3 is 0 Å². The average Bonchev–Trinajstić information content (AvgIpc) is 3.12. The van der Waals surface area contributed by atoms with Crippen molar-refractivity contribution in [1.29, 1.82) is 5.26 Å². The number of carbonyl (C=O) groups excluding carboxylic acids is 5. The third kappa shape index (κ3) is 7.03. The summed E-state index contributed by atoms with van der Waals surface area (Å²) in [5.41, 5.74) is 1.91. The zero-order chi connectivity index (χ0) is 28.7. The Morgan fingerprint density at radius 1 is 1.03 bits per heavy atom. The molecule has 10 heteroatoms. The van der Waals surface area contributed by atoms with Crippen LogP contribution in [0.15, 0.2) is 60.7 Å². The van der Waals surface area contributed by atoms with E-state index in [9.17, 15) is 24.0 Å². The molecule has 202 valence electrons. The van der Waals surface area contributed by atoms with Crippen LogP contribution in [0.3, 0.4) is 0 Å². The van der Waals surface area contributed by atoms with Crippen molar-refractivity contribution in [3.05, 3.63) is 77.4 Å². The molecule has 0 bridgehead atoms. The predicted octanol–water partition coefficient (Wildman–Crippen LogP) is 2.02. The van der Waals surface area contributed by atoms with Crippen LogP contribution in [0.1, 0.15) is 49.9 Å². The van der Waals surface area contributed by atoms with Crippen LogP contribution < -0.4 is 16.5 Å². The summed E-state index contributed by atoms with van der Waals surface area (Å²) in [7, 11) is 0. The largest absolute Gasteiger partial charge is 0.346 e. The van der Waals surface area contributed by atoms with Crippen molar-refractivity contribution in [3.63, 3.8) is 0 Å². The number of nitrogens with zero attached hydrogens (tertiary/aromatic N) is 2. The zero-order valence-electron chi connectivity index (χ0n) is 22.0. The summed E-state index contributed by atoms with van der Waals surface area (Å²) in [5, 5.41) is 14.9. The van der Waals surface area contributed by atoms with E-state index < -0.39 is 53.3 Å². The highest BCUT2D eigenvalue weighted by atomic mass is 16.2. The Labute approximate surface area is 226 Å². The number of ketones is 1. The van der Waals surface area contributed by atoms with Crippen LogP contribution in [0.4, 0.5) is 0 Å². The van der Waals surface area contributed by atoms with Crippen molar-refractivity contribution in [2.75, 3.05) is 0 Å². The molecule has 10 nitrogen and oxygen atoms in total. The van der Waals surface area contributed by atoms with Gasteiger partial charge in [0.1, 0.15) is 5.92 Å². The van der Waals surface area contributed by atoms with Crippen LogP contribution in [0, 0.1) is 29.1 Å². The molecule has 4 N–H and O–H groups in total. The number of hydrogen-bond donors (Lipinski definition) is 3. The van der Waals surface area contributed by atoms with E-state index in [2.05, 4.69) is 10.6 Å². The summed E-state index contributed by atoms with van der Waals surface area (Å²) in [6, 6.07) is 15.9. The van der Waals surface area contributed by atoms with Crippen LogP contribution in [0.25, 0.3) is 6.08 Å². The van der Waals surface area contributed by atoms with E-state index in [1.807, 2.05) is 12.1 Å². The maximum Gasteiger partial charge on any atom is 0.255 e. The van der Waals surface area contributed by atoms with Gasteiger partial charge in [0.2, 0.25) is 17.7 Å². The number of rotatable bonds is 10. The summed E-state index contributed by atoms with van der Waals surface area (Å²) in [5.74, 6) is -0.0311. The Bertz CT molecular complexity index is 1310. The summed E-state index contributed by atoms with van der Waals surface area (Å²) < 4.78 is 0. The van der Waals surface area contributed by atoms with Gasteiger partial charge in [0.25, 0.3) is 5.91 Å². The van der Waals surface area contributed by atoms with E-state index >= 15 is 0 Å². The summed E-state index contributed by atoms with van der Waals surface area (Å²) in [6.07, 6.45) is 2.75. The smallest absolute Gasteiger partial charge is 0.255 e. The standard InChI is InChI=1S/C29H31N5O5/c1-17(2)26(27(37)25-18(3)28(38)34(31)29(25)39)33-24(36)15-22(21-7-5-4-6-8-21)32-23(35)14-13-19-9-11-20(16-30)12-10-19/h4-14,17-18,22,25-26H,15,31H2,1-3H3,(H,32,35)(H,33,36)/b14-13+/t18-,22-,25+,26-/m0/s1. The van der Waals surface area contributed by atoms with E-state index in [0.29, 0.717) is 16.1 Å². The molecule has 1 aliphatic heterocycles. The van der Waals surface area contributed by atoms with Gasteiger partial charge in [-0.15, -0.1) is 0 Å². The Morgan fingerprint density at radius 2 is 1.67 bits per heavy atom. The third-order valence-corrected chi connectivity index (χ3v) is 6.60. The fourth-order valence-corrected chi connectivity index (χ4v) is 4.38. The number of imide groups is 1. The first kappa shape index (κ1) is 28.9. The quantitative estimate of drug-likeness (QED) is 0.139. The minimum atomic E-state index is -1.27. The first-order valence-electron chi connectivity index (χ1n) is 12.5. The number of amides is 4. The fourth-order valence-electron chi connectivity index (χ4n) is 4.38. The van der Waals surface area contributed by atoms with Gasteiger partial charge in [-0.1, -0.05) is 63.2 Å². The minimum Gasteiger partial charge on any atom is -0.346 e. The van der Waals surface area contributed by atoms with E-state index in [1.165, 1.54) is 13.0 Å². The Kier molecular flexibility index (Phi) is 9.47. The van der Waals surface area contributed by atoms with E-state index in [-0.39, 0.29) is 12.3 Å². The SMILES string of the molecule is CC(C)[C@H](NC(=O)C[C@H](NC(=O)/C=C/c1ccc(C#N)cc1)c1ccccc1)C(=O)[C@@H]1C(=O)N(N)C(=O)[C@H]1C. The van der Waals surface area contributed by atoms with Gasteiger partial charge < -0.3 is 10.6 Å². The molecular formula is C29H31N5O5. The lowest BCUT2D eigenvalue weighted by atomic mass is 9.85. The molecule has 39 heavy (non-hydrogen) atoms. The molecule has 2 aromatic rings. The number of nitrogens with two attached hydrogens (primary N) is 1. The molecule has 1 fully saturated rings. The fraction of sp³-hybridized carbons (Fsp3) is 0.310. The second-order valence-electron chi connectivity index (χ2n) is 9.75. The molecule has 4 amide bonds. The Hall–Kier alpha value is -4.62. The zero-order valence-corrected chi connectivity index (χ0v) is 22.0. The maximum absolute atomic E-state index is 13.3. The van der Waals surface area contributed by atoms with Gasteiger partial charge in [-0.2, -0.15) is 5.26 Å². The number of benzene rings is 2. The van der Waals surface area contributed by atoms with Crippen LogP contribution in [-0.4, -0.2) is 40.5 Å². The molecular weight excluding hydrogens is 498 g/mol. The molecule has 2 aromatic carbocycles. The number of hydrogen-bond acceptors (Lipinski definition) is 7. The number of nitriles is 1. The van der Waals surface area contributed by atoms with E-state index in [0.717, 1.165) is 5.56 Å². The van der Waals surface area contributed by atoms with Gasteiger partial charge in [-0.25, -0.2) is 10.9 Å². The highest BCUT2D eigenvalue weighted by molar-refractivity contribution is 6.16. The third-order valence-electron chi connectivity index (χ3n) is 6.60. The first-order valence-corrected chi connectivity index (χ1v) is 12.5. The van der Waals surface area contributed by atoms with Gasteiger partial charge in [-0.05, 0) is 35.3 Å². The van der Waals surface area contributed by atoms with Crippen molar-refractivity contribution in [2.45, 2.75) is 39.3 Å². The lowest BCUT2D eigenvalue weighted by Crippen LogP contribution is -2.50. The molecule has 3 rings (SSSR count). The van der Waals surface area contributed by atoms with E-state index in [1.54, 1.807) is 68.5 Å². The van der Waals surface area contributed by atoms with Crippen LogP contribution in [0.2, 0.25) is 0 Å². The van der Waals surface area contributed by atoms with Gasteiger partial charge in [0.05, 0.1) is 36.1 Å². The molecule has 0 aliphatic carbocycles. The second kappa shape index (κ2) is 12.8. The molecule has 0 spiro atoms. The van der Waals surface area contributed by atoms with Crippen molar-refractivity contribution in [1.82, 2.24) is 15.6 Å². The van der Waals surface area contributed by atoms with Crippen molar-refractivity contribution in [2.24, 2.45) is 23.6 Å². The van der Waals surface area contributed by atoms with Crippen molar-refractivity contribution < 1.29 is 24.0 Å². The lowest BCUT2D eigenvalue weighted by Gasteiger charge is -2.26. The molecule has 0 unspecified atom stereocenters. The van der Waals surface area contributed by atoms with Crippen LogP contribution in [0.5, 0.6) is 0 Å². The number of Topliss-reactive ketones (excluding diaryl/α,β-unsaturated/α-hetero) is 1. The monoisotopic (exact) mass is 529 g/mol. The molecule has 0 radical (unpaired) electrons. The van der Waals surface area contributed by atoms with Crippen molar-refractivity contribution >= 4 is 35.5 Å². The summed E-state index contributed by atoms with van der Waals surface area (Å²) in [6.45, 7) is 4.90. The lowest BCUT2D eigenvalue weighted by molar-refractivity contribution is -0.142. The molecule has 1 aliphatic rings. The normalized spacial score (nSPS) is 18.6. The van der Waals surface area contributed by atoms with Gasteiger partial charge in [0, 0.05) is 6.08 Å².